The van der Waals surface area contributed by atoms with Crippen molar-refractivity contribution >= 4 is 23.4 Å². The second-order valence-electron chi connectivity index (χ2n) is 13.4. The van der Waals surface area contributed by atoms with Crippen molar-refractivity contribution in [1.82, 2.24) is 0 Å². The highest BCUT2D eigenvalue weighted by Crippen LogP contribution is 2.50. The maximum Gasteiger partial charge on any atom is 0.123 e. The lowest BCUT2D eigenvalue weighted by molar-refractivity contribution is -0.149. The Kier molecular flexibility index (Phi) is 19.9. The lowest BCUT2D eigenvalue weighted by Gasteiger charge is -2.46. The van der Waals surface area contributed by atoms with Crippen LogP contribution in [0.2, 0.25) is 5.02 Å². The van der Waals surface area contributed by atoms with Gasteiger partial charge in [0.25, 0.3) is 0 Å². The van der Waals surface area contributed by atoms with Gasteiger partial charge in [0, 0.05) is 37.0 Å². The van der Waals surface area contributed by atoms with Gasteiger partial charge in [-0.05, 0) is 92.8 Å². The van der Waals surface area contributed by atoms with Crippen molar-refractivity contribution in [3.63, 3.8) is 0 Å². The summed E-state index contributed by atoms with van der Waals surface area (Å²) in [6.07, 6.45) is 10.9. The third-order valence-electron chi connectivity index (χ3n) is 9.20. The molecule has 2 aromatic carbocycles. The summed E-state index contributed by atoms with van der Waals surface area (Å²) in [5, 5.41) is 0.880. The molecule has 1 fully saturated rings. The molecule has 272 valence electrons. The van der Waals surface area contributed by atoms with E-state index in [0.717, 1.165) is 88.0 Å². The maximum absolute atomic E-state index is 6.93. The van der Waals surface area contributed by atoms with Crippen LogP contribution >= 0.6 is 23.4 Å². The topological polar surface area (TPSA) is 46.2 Å². The molecule has 5 nitrogen and oxygen atoms in total. The van der Waals surface area contributed by atoms with E-state index in [0.29, 0.717) is 33.0 Å². The Hall–Kier alpha value is -1.28. The molecule has 0 aromatic heterocycles. The predicted molar refractivity (Wildman–Crippen MR) is 204 cm³/mol. The van der Waals surface area contributed by atoms with Crippen LogP contribution in [-0.4, -0.2) is 63.2 Å². The number of thioether (sulfide) groups is 1. The third-order valence-corrected chi connectivity index (χ3v) is 11.0. The highest BCUT2D eigenvalue weighted by Gasteiger charge is 2.49. The number of unbranched alkanes of at least 4 members (excludes halogenated alkanes) is 5. The number of aryl methyl sites for hydroxylation is 2. The minimum atomic E-state index is -0.206. The van der Waals surface area contributed by atoms with E-state index in [1.54, 1.807) is 0 Å². The molecule has 0 N–H and O–H groups in total. The average molecular weight is 705 g/mol. The van der Waals surface area contributed by atoms with Gasteiger partial charge < -0.3 is 23.7 Å². The lowest BCUT2D eigenvalue weighted by Crippen LogP contribution is -2.55. The van der Waals surface area contributed by atoms with Crippen LogP contribution in [0.15, 0.2) is 30.3 Å². The van der Waals surface area contributed by atoms with Gasteiger partial charge in [0.2, 0.25) is 0 Å². The van der Waals surface area contributed by atoms with Gasteiger partial charge in [-0.3, -0.25) is 0 Å². The number of rotatable bonds is 24. The highest BCUT2D eigenvalue weighted by molar-refractivity contribution is 8.00. The van der Waals surface area contributed by atoms with Gasteiger partial charge >= 0.3 is 0 Å². The third kappa shape index (κ3) is 12.8. The summed E-state index contributed by atoms with van der Waals surface area (Å²) in [6.45, 7) is 19.6. The van der Waals surface area contributed by atoms with Crippen LogP contribution in [-0.2, 0) is 25.4 Å². The molecule has 3 rings (SSSR count). The molecule has 0 bridgehead atoms. The first-order valence-corrected chi connectivity index (χ1v) is 20.3. The molecule has 1 saturated heterocycles. The normalized spacial score (nSPS) is 21.1. The van der Waals surface area contributed by atoms with E-state index < -0.39 is 0 Å². The number of hydrogen-bond acceptors (Lipinski definition) is 6. The van der Waals surface area contributed by atoms with Crippen molar-refractivity contribution in [2.75, 3.05) is 39.6 Å². The van der Waals surface area contributed by atoms with Gasteiger partial charge in [-0.15, -0.1) is 11.8 Å². The molecular formula is C41H65ClO5S. The molecule has 0 saturated carbocycles. The number of ether oxygens (including phenoxy) is 5. The second-order valence-corrected chi connectivity index (χ2v) is 15.2. The standard InChI is InChI=1S/C41H65ClO5S/c1-8-13-20-43-29-37-38(45-22-15-10-3)39(46-23-16-11-4)40(47-24-17-12-5)41(48-37)35-28-33(27-32-18-19-34(42)25-30(32)6)31(7)26-36(35)44-21-14-9-2/h18-19,25-26,28,37-41H,8-17,20-24,27,29H2,1-7H3/t37-,38-,39+,40-,41+/m1/s1. The molecule has 1 aliphatic heterocycles. The summed E-state index contributed by atoms with van der Waals surface area (Å²) in [6, 6.07) is 10.9. The number of benzene rings is 2. The molecule has 5 atom stereocenters. The Balaban J connectivity index is 2.14. The van der Waals surface area contributed by atoms with Crippen LogP contribution < -0.4 is 4.74 Å². The minimum absolute atomic E-state index is 0.00146. The summed E-state index contributed by atoms with van der Waals surface area (Å²) in [5.74, 6) is 0.961. The van der Waals surface area contributed by atoms with Crippen molar-refractivity contribution in [2.24, 2.45) is 0 Å². The average Bonchev–Trinajstić information content (AvgIpc) is 3.07. The molecule has 48 heavy (non-hydrogen) atoms. The quantitative estimate of drug-likeness (QED) is 0.101. The van der Waals surface area contributed by atoms with Crippen LogP contribution in [0.1, 0.15) is 132 Å². The van der Waals surface area contributed by atoms with E-state index in [4.69, 9.17) is 35.3 Å². The van der Waals surface area contributed by atoms with Gasteiger partial charge in [-0.1, -0.05) is 90.5 Å². The van der Waals surface area contributed by atoms with Gasteiger partial charge in [0.1, 0.15) is 24.1 Å². The minimum Gasteiger partial charge on any atom is -0.493 e. The van der Waals surface area contributed by atoms with Crippen molar-refractivity contribution in [3.8, 4) is 5.75 Å². The fourth-order valence-corrected chi connectivity index (χ4v) is 7.97. The molecule has 1 aliphatic rings. The highest BCUT2D eigenvalue weighted by atomic mass is 35.5. The first-order chi connectivity index (χ1) is 23.4. The van der Waals surface area contributed by atoms with E-state index >= 15 is 0 Å². The molecule has 0 spiro atoms. The van der Waals surface area contributed by atoms with Crippen molar-refractivity contribution in [2.45, 2.75) is 148 Å². The predicted octanol–water partition coefficient (Wildman–Crippen LogP) is 11.3. The Morgan fingerprint density at radius 1 is 0.625 bits per heavy atom. The summed E-state index contributed by atoms with van der Waals surface area (Å²) in [5.41, 5.74) is 6.22. The molecule has 2 aromatic rings. The van der Waals surface area contributed by atoms with Crippen LogP contribution in [0.25, 0.3) is 0 Å². The van der Waals surface area contributed by atoms with Gasteiger partial charge in [-0.25, -0.2) is 0 Å². The second kappa shape index (κ2) is 23.2. The zero-order chi connectivity index (χ0) is 34.7. The smallest absolute Gasteiger partial charge is 0.123 e. The zero-order valence-electron chi connectivity index (χ0n) is 31.1. The van der Waals surface area contributed by atoms with Crippen molar-refractivity contribution in [3.05, 3.63) is 63.2 Å². The van der Waals surface area contributed by atoms with Gasteiger partial charge in [0.05, 0.1) is 23.7 Å². The first kappa shape index (κ1) is 41.1. The van der Waals surface area contributed by atoms with Gasteiger partial charge in [-0.2, -0.15) is 0 Å². The van der Waals surface area contributed by atoms with Crippen LogP contribution in [0.5, 0.6) is 5.75 Å². The Morgan fingerprint density at radius 2 is 1.19 bits per heavy atom. The van der Waals surface area contributed by atoms with E-state index in [9.17, 15) is 0 Å². The molecule has 1 heterocycles. The van der Waals surface area contributed by atoms with Crippen LogP contribution in [0.4, 0.5) is 0 Å². The van der Waals surface area contributed by atoms with Crippen LogP contribution in [0.3, 0.4) is 0 Å². The molecule has 0 radical (unpaired) electrons. The Bertz CT molecular complexity index is 1180. The molecule has 0 aliphatic carbocycles. The number of halogens is 1. The Morgan fingerprint density at radius 3 is 1.81 bits per heavy atom. The summed E-state index contributed by atoms with van der Waals surface area (Å²) in [7, 11) is 0. The number of hydrogen-bond donors (Lipinski definition) is 0. The van der Waals surface area contributed by atoms with Gasteiger partial charge in [0.15, 0.2) is 0 Å². The van der Waals surface area contributed by atoms with Crippen molar-refractivity contribution in [1.29, 1.82) is 0 Å². The largest absolute Gasteiger partial charge is 0.493 e. The molecule has 0 unspecified atom stereocenters. The molecular weight excluding hydrogens is 640 g/mol. The van der Waals surface area contributed by atoms with Crippen LogP contribution in [0, 0.1) is 13.8 Å². The van der Waals surface area contributed by atoms with Crippen molar-refractivity contribution < 1.29 is 23.7 Å². The fraction of sp³-hybridized carbons (Fsp3) is 0.707. The Labute approximate surface area is 302 Å². The first-order valence-electron chi connectivity index (χ1n) is 19.0. The summed E-state index contributed by atoms with van der Waals surface area (Å²) in [4.78, 5) is 0. The van der Waals surface area contributed by atoms with E-state index in [1.807, 2.05) is 17.8 Å². The summed E-state index contributed by atoms with van der Waals surface area (Å²) < 4.78 is 33.5. The molecule has 0 amide bonds. The SMILES string of the molecule is CCCCOC[C@H]1S[C@@H](c2cc(Cc3ccc(Cl)cc3C)c(C)cc2OCCCC)[C@H](OCCCC)[C@@H](OCCCC)[C@@H]1OCCCC. The lowest BCUT2D eigenvalue weighted by atomic mass is 9.91. The molecule has 7 heteroatoms. The monoisotopic (exact) mass is 704 g/mol. The van der Waals surface area contributed by atoms with E-state index in [-0.39, 0.29) is 28.8 Å². The fourth-order valence-electron chi connectivity index (χ4n) is 6.08. The maximum atomic E-state index is 6.93. The van der Waals surface area contributed by atoms with E-state index in [1.165, 1.54) is 27.8 Å². The zero-order valence-corrected chi connectivity index (χ0v) is 32.7. The summed E-state index contributed by atoms with van der Waals surface area (Å²) >= 11 is 8.28. The van der Waals surface area contributed by atoms with E-state index in [2.05, 4.69) is 72.7 Å².